The fourth-order valence-electron chi connectivity index (χ4n) is 3.23. The number of nitrogen functional groups attached to an aromatic ring is 1. The molecule has 0 saturated heterocycles. The predicted octanol–water partition coefficient (Wildman–Crippen LogP) is 3.14. The summed E-state index contributed by atoms with van der Waals surface area (Å²) in [5, 5.41) is 3.46. The van der Waals surface area contributed by atoms with Crippen molar-refractivity contribution < 1.29 is 9.59 Å². The summed E-state index contributed by atoms with van der Waals surface area (Å²) in [5.41, 5.74) is 8.59. The van der Waals surface area contributed by atoms with E-state index in [0.29, 0.717) is 28.3 Å². The van der Waals surface area contributed by atoms with Crippen molar-refractivity contribution in [3.63, 3.8) is 0 Å². The summed E-state index contributed by atoms with van der Waals surface area (Å²) in [6.07, 6.45) is 3.25. The van der Waals surface area contributed by atoms with Crippen molar-refractivity contribution in [3.8, 4) is 0 Å². The minimum Gasteiger partial charge on any atom is -0.390 e. The van der Waals surface area contributed by atoms with Gasteiger partial charge in [0.15, 0.2) is 5.78 Å². The number of hydrogen-bond donors (Lipinski definition) is 2. The van der Waals surface area contributed by atoms with Crippen molar-refractivity contribution in [2.24, 2.45) is 0 Å². The summed E-state index contributed by atoms with van der Waals surface area (Å²) < 4.78 is 0. The molecule has 2 aliphatic carbocycles. The monoisotopic (exact) mass is 326 g/mol. The molecule has 23 heavy (non-hydrogen) atoms. The molecular formula is C18H18N2O2S. The van der Waals surface area contributed by atoms with Gasteiger partial charge in [-0.2, -0.15) is 0 Å². The molecule has 1 aromatic carbocycles. The molecule has 0 aliphatic heterocycles. The molecular weight excluding hydrogens is 308 g/mol. The zero-order chi connectivity index (χ0) is 16.0. The number of anilines is 1. The molecule has 0 spiro atoms. The van der Waals surface area contributed by atoms with Crippen LogP contribution in [0, 0.1) is 0 Å². The van der Waals surface area contributed by atoms with Crippen LogP contribution in [0.1, 0.15) is 56.3 Å². The summed E-state index contributed by atoms with van der Waals surface area (Å²) in [4.78, 5) is 25.7. The number of thiophene rings is 1. The van der Waals surface area contributed by atoms with E-state index >= 15 is 0 Å². The topological polar surface area (TPSA) is 72.2 Å². The fraction of sp³-hybridized carbons (Fsp3) is 0.333. The Balaban J connectivity index is 1.70. The van der Waals surface area contributed by atoms with Crippen LogP contribution in [0.4, 0.5) is 5.00 Å². The molecule has 118 valence electrons. The Bertz CT molecular complexity index is 778. The molecule has 1 fully saturated rings. The molecule has 2 aromatic rings. The van der Waals surface area contributed by atoms with Crippen molar-refractivity contribution >= 4 is 28.0 Å². The quantitative estimate of drug-likeness (QED) is 0.910. The van der Waals surface area contributed by atoms with E-state index in [9.17, 15) is 9.59 Å². The van der Waals surface area contributed by atoms with Gasteiger partial charge in [0.25, 0.3) is 5.91 Å². The molecule has 1 amide bonds. The van der Waals surface area contributed by atoms with Gasteiger partial charge in [0, 0.05) is 12.5 Å². The van der Waals surface area contributed by atoms with Crippen LogP contribution >= 0.6 is 11.3 Å². The maximum absolute atomic E-state index is 12.5. The van der Waals surface area contributed by atoms with E-state index in [-0.39, 0.29) is 23.7 Å². The van der Waals surface area contributed by atoms with Crippen LogP contribution in [0.15, 0.2) is 30.3 Å². The first-order chi connectivity index (χ1) is 11.1. The van der Waals surface area contributed by atoms with Gasteiger partial charge in [0.05, 0.1) is 15.4 Å². The van der Waals surface area contributed by atoms with Crippen LogP contribution in [0.5, 0.6) is 0 Å². The highest BCUT2D eigenvalue weighted by Gasteiger charge is 2.34. The molecule has 1 unspecified atom stereocenters. The number of benzene rings is 1. The average Bonchev–Trinajstić information content (AvgIpc) is 3.28. The van der Waals surface area contributed by atoms with Gasteiger partial charge in [-0.3, -0.25) is 9.59 Å². The number of amides is 1. The molecule has 3 N–H and O–H groups in total. The molecule has 2 aliphatic rings. The van der Waals surface area contributed by atoms with Crippen LogP contribution < -0.4 is 11.1 Å². The Hall–Kier alpha value is -2.14. The van der Waals surface area contributed by atoms with Crippen molar-refractivity contribution in [2.75, 3.05) is 5.73 Å². The Labute approximate surface area is 138 Å². The van der Waals surface area contributed by atoms with E-state index in [1.54, 1.807) is 0 Å². The molecule has 1 saturated carbocycles. The molecule has 1 aromatic heterocycles. The second kappa shape index (κ2) is 5.49. The molecule has 0 bridgehead atoms. The fourth-order valence-corrected chi connectivity index (χ4v) is 4.28. The zero-order valence-electron chi connectivity index (χ0n) is 12.7. The Morgan fingerprint density at radius 3 is 2.61 bits per heavy atom. The van der Waals surface area contributed by atoms with E-state index < -0.39 is 0 Å². The number of rotatable bonds is 3. The highest BCUT2D eigenvalue weighted by atomic mass is 32.1. The first kappa shape index (κ1) is 14.5. The lowest BCUT2D eigenvalue weighted by atomic mass is 9.81. The van der Waals surface area contributed by atoms with Crippen LogP contribution in [0.2, 0.25) is 0 Å². The minimum atomic E-state index is -0.121. The number of hydrogen-bond acceptors (Lipinski definition) is 4. The summed E-state index contributed by atoms with van der Waals surface area (Å²) in [6, 6.07) is 10.3. The number of ketones is 1. The second-order valence-corrected chi connectivity index (χ2v) is 7.39. The first-order valence-corrected chi connectivity index (χ1v) is 8.75. The summed E-state index contributed by atoms with van der Waals surface area (Å²) in [5.74, 6) is 0.101. The van der Waals surface area contributed by atoms with Gasteiger partial charge in [0.2, 0.25) is 0 Å². The molecule has 0 radical (unpaired) electrons. The third-order valence-electron chi connectivity index (χ3n) is 4.58. The van der Waals surface area contributed by atoms with E-state index in [0.717, 1.165) is 24.0 Å². The van der Waals surface area contributed by atoms with Crippen LogP contribution in [-0.2, 0) is 6.42 Å². The molecule has 1 atom stereocenters. The number of nitrogens with one attached hydrogen (secondary N) is 1. The van der Waals surface area contributed by atoms with Crippen molar-refractivity contribution in [3.05, 3.63) is 51.9 Å². The lowest BCUT2D eigenvalue weighted by Crippen LogP contribution is -2.28. The van der Waals surface area contributed by atoms with Gasteiger partial charge in [-0.05, 0) is 36.3 Å². The van der Waals surface area contributed by atoms with Crippen molar-refractivity contribution in [1.29, 1.82) is 0 Å². The molecule has 5 heteroatoms. The zero-order valence-corrected chi connectivity index (χ0v) is 13.5. The Kier molecular flexibility index (Phi) is 3.45. The Morgan fingerprint density at radius 2 is 1.91 bits per heavy atom. The van der Waals surface area contributed by atoms with E-state index in [1.807, 2.05) is 30.3 Å². The van der Waals surface area contributed by atoms with Gasteiger partial charge in [0.1, 0.15) is 0 Å². The first-order valence-electron chi connectivity index (χ1n) is 7.93. The lowest BCUT2D eigenvalue weighted by molar-refractivity contribution is 0.0951. The highest BCUT2D eigenvalue weighted by Crippen LogP contribution is 2.41. The number of fused-ring (bicyclic) bond motifs is 1. The van der Waals surface area contributed by atoms with Crippen LogP contribution in [-0.4, -0.2) is 17.7 Å². The number of carbonyl (C=O) groups excluding carboxylic acids is 2. The lowest BCUT2D eigenvalue weighted by Gasteiger charge is -2.22. The molecule has 4 nitrogen and oxygen atoms in total. The smallest absolute Gasteiger partial charge is 0.254 e. The van der Waals surface area contributed by atoms with E-state index in [4.69, 9.17) is 5.73 Å². The highest BCUT2D eigenvalue weighted by molar-refractivity contribution is 7.18. The molecule has 1 heterocycles. The number of nitrogens with two attached hydrogens (primary N) is 1. The van der Waals surface area contributed by atoms with Crippen molar-refractivity contribution in [2.45, 2.75) is 37.6 Å². The third kappa shape index (κ3) is 2.65. The number of Topliss-reactive ketones (excluding diaryl/α,β-unsaturated/α-hetero) is 1. The van der Waals surface area contributed by atoms with Crippen LogP contribution in [0.3, 0.4) is 0 Å². The molecule has 4 rings (SSSR count). The maximum Gasteiger partial charge on any atom is 0.254 e. The minimum absolute atomic E-state index is 0.0993. The van der Waals surface area contributed by atoms with Crippen LogP contribution in [0.25, 0.3) is 0 Å². The van der Waals surface area contributed by atoms with Gasteiger partial charge in [-0.1, -0.05) is 30.3 Å². The normalized spacial score (nSPS) is 20.2. The standard InChI is InChI=1S/C18H18N2O2S/c19-17-15(18(22)20-12-6-7-12)13-8-11(9-14(21)16(13)23-17)10-4-2-1-3-5-10/h1-5,11-12H,6-9,19H2,(H,20,22). The summed E-state index contributed by atoms with van der Waals surface area (Å²) in [6.45, 7) is 0. The van der Waals surface area contributed by atoms with Gasteiger partial charge >= 0.3 is 0 Å². The van der Waals surface area contributed by atoms with E-state index in [1.165, 1.54) is 11.3 Å². The van der Waals surface area contributed by atoms with Gasteiger partial charge in [-0.25, -0.2) is 0 Å². The summed E-state index contributed by atoms with van der Waals surface area (Å²) in [7, 11) is 0. The Morgan fingerprint density at radius 1 is 1.17 bits per heavy atom. The van der Waals surface area contributed by atoms with Gasteiger partial charge in [-0.15, -0.1) is 11.3 Å². The predicted molar refractivity (Wildman–Crippen MR) is 91.1 cm³/mol. The summed E-state index contributed by atoms with van der Waals surface area (Å²) >= 11 is 1.27. The second-order valence-electron chi connectivity index (χ2n) is 6.34. The average molecular weight is 326 g/mol. The van der Waals surface area contributed by atoms with E-state index in [2.05, 4.69) is 5.32 Å². The number of carbonyl (C=O) groups is 2. The maximum atomic E-state index is 12.5. The van der Waals surface area contributed by atoms with Gasteiger partial charge < -0.3 is 11.1 Å². The third-order valence-corrected chi connectivity index (χ3v) is 5.68. The SMILES string of the molecule is Nc1sc2c(c1C(=O)NC1CC1)CC(c1ccccc1)CC2=O. The largest absolute Gasteiger partial charge is 0.390 e. The van der Waals surface area contributed by atoms with Crippen molar-refractivity contribution in [1.82, 2.24) is 5.32 Å².